The summed E-state index contributed by atoms with van der Waals surface area (Å²) < 4.78 is 0. The van der Waals surface area contributed by atoms with Gasteiger partial charge in [0.15, 0.2) is 0 Å². The normalized spacial score (nSPS) is 8.33. The van der Waals surface area contributed by atoms with E-state index >= 15 is 0 Å². The van der Waals surface area contributed by atoms with Crippen molar-refractivity contribution in [3.05, 3.63) is 0 Å². The average molecular weight is 86.1 g/mol. The Kier molecular flexibility index (Phi) is 2.67. The van der Waals surface area contributed by atoms with Crippen molar-refractivity contribution in [2.24, 2.45) is 0 Å². The summed E-state index contributed by atoms with van der Waals surface area (Å²) in [5.74, 6) is 0. The fourth-order valence-electron chi connectivity index (χ4n) is 0.265. The molecule has 0 aromatic carbocycles. The molecule has 6 heavy (non-hydrogen) atoms. The van der Waals surface area contributed by atoms with Gasteiger partial charge in [0, 0.05) is 12.3 Å². The van der Waals surface area contributed by atoms with Gasteiger partial charge < -0.3 is 10.7 Å². The van der Waals surface area contributed by atoms with E-state index in [0.717, 1.165) is 0 Å². The molecule has 0 saturated carbocycles. The molecule has 0 bridgehead atoms. The SMILES string of the molecule is CNCC(C)=N. The molecule has 0 aliphatic rings. The van der Waals surface area contributed by atoms with Gasteiger partial charge in [-0.1, -0.05) is 0 Å². The van der Waals surface area contributed by atoms with Crippen LogP contribution in [0.4, 0.5) is 0 Å². The van der Waals surface area contributed by atoms with E-state index in [1.807, 2.05) is 7.05 Å². The molecule has 0 saturated heterocycles. The summed E-state index contributed by atoms with van der Waals surface area (Å²) >= 11 is 0. The first-order valence-corrected chi connectivity index (χ1v) is 1.96. The Labute approximate surface area is 38.1 Å². The first-order valence-electron chi connectivity index (χ1n) is 1.96. The van der Waals surface area contributed by atoms with Crippen LogP contribution in [0.25, 0.3) is 0 Å². The molecule has 0 aromatic heterocycles. The molecular formula is C4H10N2. The number of nitrogens with one attached hydrogen (secondary N) is 2. The zero-order valence-electron chi connectivity index (χ0n) is 4.21. The highest BCUT2D eigenvalue weighted by Crippen LogP contribution is 1.58. The molecule has 0 aliphatic heterocycles. The second-order valence-electron chi connectivity index (χ2n) is 1.31. The molecule has 36 valence electrons. The Morgan fingerprint density at radius 1 is 1.83 bits per heavy atom. The Bertz CT molecular complexity index is 49.5. The van der Waals surface area contributed by atoms with Gasteiger partial charge in [-0.05, 0) is 14.0 Å². The maximum Gasteiger partial charge on any atom is 0.0327 e. The first-order chi connectivity index (χ1) is 2.77. The van der Waals surface area contributed by atoms with E-state index in [0.29, 0.717) is 12.3 Å². The quantitative estimate of drug-likeness (QED) is 0.464. The summed E-state index contributed by atoms with van der Waals surface area (Å²) in [4.78, 5) is 0. The van der Waals surface area contributed by atoms with Crippen molar-refractivity contribution < 1.29 is 0 Å². The van der Waals surface area contributed by atoms with Crippen molar-refractivity contribution in [2.45, 2.75) is 6.92 Å². The molecule has 0 amide bonds. The first kappa shape index (κ1) is 5.63. The zero-order valence-corrected chi connectivity index (χ0v) is 4.21. The van der Waals surface area contributed by atoms with Gasteiger partial charge in [0.2, 0.25) is 0 Å². The van der Waals surface area contributed by atoms with E-state index in [1.165, 1.54) is 0 Å². The van der Waals surface area contributed by atoms with Crippen LogP contribution < -0.4 is 5.32 Å². The molecule has 0 atom stereocenters. The van der Waals surface area contributed by atoms with Gasteiger partial charge in [-0.2, -0.15) is 0 Å². The minimum atomic E-state index is 0.678. The fourth-order valence-corrected chi connectivity index (χ4v) is 0.265. The van der Waals surface area contributed by atoms with Gasteiger partial charge in [-0.15, -0.1) is 0 Å². The third kappa shape index (κ3) is 3.63. The lowest BCUT2D eigenvalue weighted by molar-refractivity contribution is 0.938. The number of hydrogen-bond acceptors (Lipinski definition) is 2. The van der Waals surface area contributed by atoms with Gasteiger partial charge >= 0.3 is 0 Å². The number of rotatable bonds is 2. The van der Waals surface area contributed by atoms with Crippen LogP contribution in [0.3, 0.4) is 0 Å². The van der Waals surface area contributed by atoms with Crippen molar-refractivity contribution in [2.75, 3.05) is 13.6 Å². The molecule has 0 radical (unpaired) electrons. The van der Waals surface area contributed by atoms with E-state index in [2.05, 4.69) is 5.32 Å². The Hall–Kier alpha value is -0.370. The maximum atomic E-state index is 6.83. The standard InChI is InChI=1S/C4H10N2/c1-4(5)3-6-2/h5-6H,3H2,1-2H3. The van der Waals surface area contributed by atoms with Crippen LogP contribution in [0.2, 0.25) is 0 Å². The van der Waals surface area contributed by atoms with Crippen molar-refractivity contribution in [3.63, 3.8) is 0 Å². The molecule has 0 aromatic rings. The lowest BCUT2D eigenvalue weighted by Crippen LogP contribution is -2.14. The molecule has 0 heterocycles. The molecule has 0 spiro atoms. The third-order valence-corrected chi connectivity index (χ3v) is 0.442. The number of hydrogen-bond donors (Lipinski definition) is 2. The van der Waals surface area contributed by atoms with Crippen LogP contribution in [-0.2, 0) is 0 Å². The average Bonchev–Trinajstić information content (AvgIpc) is 1.35. The summed E-state index contributed by atoms with van der Waals surface area (Å²) in [7, 11) is 1.83. The molecular weight excluding hydrogens is 76.1 g/mol. The second kappa shape index (κ2) is 2.85. The Morgan fingerprint density at radius 2 is 2.33 bits per heavy atom. The minimum Gasteiger partial charge on any atom is -0.315 e. The minimum absolute atomic E-state index is 0.678. The van der Waals surface area contributed by atoms with E-state index in [1.54, 1.807) is 6.92 Å². The summed E-state index contributed by atoms with van der Waals surface area (Å²) in [6.07, 6.45) is 0. The van der Waals surface area contributed by atoms with Crippen molar-refractivity contribution >= 4 is 5.71 Å². The van der Waals surface area contributed by atoms with Crippen LogP contribution in [0, 0.1) is 5.41 Å². The van der Waals surface area contributed by atoms with Crippen LogP contribution in [-0.4, -0.2) is 19.3 Å². The van der Waals surface area contributed by atoms with Crippen LogP contribution >= 0.6 is 0 Å². The molecule has 0 fully saturated rings. The van der Waals surface area contributed by atoms with Crippen molar-refractivity contribution in [3.8, 4) is 0 Å². The molecule has 0 unspecified atom stereocenters. The van der Waals surface area contributed by atoms with Gasteiger partial charge in [-0.25, -0.2) is 0 Å². The molecule has 2 nitrogen and oxygen atoms in total. The van der Waals surface area contributed by atoms with Crippen LogP contribution in [0.1, 0.15) is 6.92 Å². The summed E-state index contributed by atoms with van der Waals surface area (Å²) in [6, 6.07) is 0. The predicted molar refractivity (Wildman–Crippen MR) is 27.3 cm³/mol. The largest absolute Gasteiger partial charge is 0.315 e. The van der Waals surface area contributed by atoms with Gasteiger partial charge in [-0.3, -0.25) is 0 Å². The summed E-state index contributed by atoms with van der Waals surface area (Å²) in [5, 5.41) is 9.67. The van der Waals surface area contributed by atoms with E-state index in [9.17, 15) is 0 Å². The van der Waals surface area contributed by atoms with Crippen LogP contribution in [0.15, 0.2) is 0 Å². The van der Waals surface area contributed by atoms with E-state index in [-0.39, 0.29) is 0 Å². The molecule has 2 N–H and O–H groups in total. The van der Waals surface area contributed by atoms with E-state index in [4.69, 9.17) is 5.41 Å². The predicted octanol–water partition coefficient (Wildman–Crippen LogP) is 0.245. The third-order valence-electron chi connectivity index (χ3n) is 0.442. The highest BCUT2D eigenvalue weighted by atomic mass is 14.8. The van der Waals surface area contributed by atoms with Crippen molar-refractivity contribution in [1.82, 2.24) is 5.32 Å². The Balaban J connectivity index is 2.83. The highest BCUT2D eigenvalue weighted by molar-refractivity contribution is 5.80. The van der Waals surface area contributed by atoms with Gasteiger partial charge in [0.25, 0.3) is 0 Å². The van der Waals surface area contributed by atoms with Gasteiger partial charge in [0.1, 0.15) is 0 Å². The highest BCUT2D eigenvalue weighted by Gasteiger charge is 1.76. The molecule has 0 rings (SSSR count). The maximum absolute atomic E-state index is 6.83. The van der Waals surface area contributed by atoms with Crippen LogP contribution in [0.5, 0.6) is 0 Å². The Morgan fingerprint density at radius 3 is 2.33 bits per heavy atom. The smallest absolute Gasteiger partial charge is 0.0327 e. The van der Waals surface area contributed by atoms with Crippen molar-refractivity contribution in [1.29, 1.82) is 5.41 Å². The molecule has 0 aliphatic carbocycles. The monoisotopic (exact) mass is 86.1 g/mol. The second-order valence-corrected chi connectivity index (χ2v) is 1.31. The topological polar surface area (TPSA) is 35.9 Å². The lowest BCUT2D eigenvalue weighted by atomic mass is 10.4. The summed E-state index contributed by atoms with van der Waals surface area (Å²) in [5.41, 5.74) is 0.678. The molecule has 2 heteroatoms. The van der Waals surface area contributed by atoms with E-state index < -0.39 is 0 Å². The lowest BCUT2D eigenvalue weighted by Gasteiger charge is -1.88. The van der Waals surface area contributed by atoms with Gasteiger partial charge in [0.05, 0.1) is 0 Å². The fraction of sp³-hybridized carbons (Fsp3) is 0.750. The summed E-state index contributed by atoms with van der Waals surface area (Å²) in [6.45, 7) is 2.48. The zero-order chi connectivity index (χ0) is 4.99.